The minimum absolute atomic E-state index is 0.755. The van der Waals surface area contributed by atoms with E-state index in [0.29, 0.717) is 0 Å². The van der Waals surface area contributed by atoms with Crippen LogP contribution in [0.4, 0.5) is 0 Å². The van der Waals surface area contributed by atoms with Crippen molar-refractivity contribution in [3.8, 4) is 0 Å². The van der Waals surface area contributed by atoms with Crippen molar-refractivity contribution in [1.29, 1.82) is 0 Å². The lowest BCUT2D eigenvalue weighted by atomic mass is 10.0. The van der Waals surface area contributed by atoms with E-state index >= 15 is 0 Å². The number of aromatic nitrogens is 1. The molecule has 0 aromatic carbocycles. The molecule has 0 amide bonds. The zero-order chi connectivity index (χ0) is 17.9. The highest BCUT2D eigenvalue weighted by Crippen LogP contribution is 2.16. The van der Waals surface area contributed by atoms with E-state index in [1.165, 1.54) is 43.8 Å². The monoisotopic (exact) mass is 365 g/mol. The van der Waals surface area contributed by atoms with E-state index in [2.05, 4.69) is 46.7 Å². The Hall–Kier alpha value is -1.14. The van der Waals surface area contributed by atoms with E-state index in [-0.39, 0.29) is 0 Å². The summed E-state index contributed by atoms with van der Waals surface area (Å²) >= 11 is 1.75. The Morgan fingerprint density at radius 3 is 2.96 bits per heavy atom. The first-order valence-electron chi connectivity index (χ1n) is 9.86. The fourth-order valence-corrected chi connectivity index (χ4v) is 4.08. The highest BCUT2D eigenvalue weighted by atomic mass is 32.1. The van der Waals surface area contributed by atoms with Gasteiger partial charge in [0.2, 0.25) is 0 Å². The third kappa shape index (κ3) is 7.74. The maximum Gasteiger partial charge on any atom is 0.191 e. The summed E-state index contributed by atoms with van der Waals surface area (Å²) in [5, 5.41) is 10.2. The van der Waals surface area contributed by atoms with Crippen molar-refractivity contribution in [2.75, 3.05) is 32.7 Å². The van der Waals surface area contributed by atoms with Gasteiger partial charge in [0.05, 0.1) is 5.01 Å². The Morgan fingerprint density at radius 2 is 2.24 bits per heavy atom. The number of thiazole rings is 1. The second-order valence-electron chi connectivity index (χ2n) is 6.91. The van der Waals surface area contributed by atoms with Crippen molar-refractivity contribution < 1.29 is 0 Å². The van der Waals surface area contributed by atoms with Crippen LogP contribution in [0.15, 0.2) is 10.4 Å². The van der Waals surface area contributed by atoms with Gasteiger partial charge in [-0.25, -0.2) is 4.98 Å². The first kappa shape index (κ1) is 20.2. The molecule has 2 rings (SSSR count). The Morgan fingerprint density at radius 1 is 1.36 bits per heavy atom. The predicted octanol–water partition coefficient (Wildman–Crippen LogP) is 3.20. The molecular weight excluding hydrogens is 330 g/mol. The van der Waals surface area contributed by atoms with Gasteiger partial charge in [-0.05, 0) is 53.0 Å². The summed E-state index contributed by atoms with van der Waals surface area (Å²) in [5.41, 5.74) is 1.13. The second kappa shape index (κ2) is 11.5. The number of hydrogen-bond acceptors (Lipinski definition) is 4. The van der Waals surface area contributed by atoms with Gasteiger partial charge in [0.15, 0.2) is 5.96 Å². The average Bonchev–Trinajstić information content (AvgIpc) is 3.02. The van der Waals surface area contributed by atoms with E-state index in [1.807, 2.05) is 0 Å². The van der Waals surface area contributed by atoms with Gasteiger partial charge >= 0.3 is 0 Å². The van der Waals surface area contributed by atoms with Gasteiger partial charge < -0.3 is 15.5 Å². The molecule has 142 valence electrons. The number of nitrogens with zero attached hydrogens (tertiary/aromatic N) is 3. The number of guanidine groups is 1. The van der Waals surface area contributed by atoms with Crippen LogP contribution < -0.4 is 10.6 Å². The lowest BCUT2D eigenvalue weighted by Crippen LogP contribution is -2.41. The van der Waals surface area contributed by atoms with Crippen molar-refractivity contribution in [3.63, 3.8) is 0 Å². The molecule has 1 saturated heterocycles. The van der Waals surface area contributed by atoms with Crippen molar-refractivity contribution >= 4 is 17.3 Å². The topological polar surface area (TPSA) is 52.6 Å². The van der Waals surface area contributed by atoms with Gasteiger partial charge in [0.1, 0.15) is 0 Å². The largest absolute Gasteiger partial charge is 0.357 e. The van der Waals surface area contributed by atoms with Crippen LogP contribution in [0.1, 0.15) is 56.7 Å². The number of aliphatic imine (C=N–C) groups is 1. The van der Waals surface area contributed by atoms with E-state index in [0.717, 1.165) is 50.2 Å². The molecule has 1 aromatic heterocycles. The molecule has 0 aliphatic carbocycles. The number of rotatable bonds is 9. The molecule has 1 atom stereocenters. The summed E-state index contributed by atoms with van der Waals surface area (Å²) in [4.78, 5) is 11.8. The Balaban J connectivity index is 1.63. The molecule has 1 aliphatic rings. The van der Waals surface area contributed by atoms with Gasteiger partial charge in [-0.15, -0.1) is 11.3 Å². The zero-order valence-corrected chi connectivity index (χ0v) is 17.0. The van der Waals surface area contributed by atoms with Crippen LogP contribution in [0, 0.1) is 6.92 Å². The summed E-state index contributed by atoms with van der Waals surface area (Å²) in [6.07, 6.45) is 7.36. The molecule has 6 heteroatoms. The maximum atomic E-state index is 4.69. The summed E-state index contributed by atoms with van der Waals surface area (Å²) in [7, 11) is 0. The van der Waals surface area contributed by atoms with E-state index in [1.54, 1.807) is 11.3 Å². The zero-order valence-electron chi connectivity index (χ0n) is 16.2. The van der Waals surface area contributed by atoms with Gasteiger partial charge in [0.25, 0.3) is 0 Å². The molecule has 5 nitrogen and oxygen atoms in total. The summed E-state index contributed by atoms with van der Waals surface area (Å²) in [6.45, 7) is 11.7. The summed E-state index contributed by atoms with van der Waals surface area (Å²) in [5.74, 6) is 0.949. The number of nitrogens with one attached hydrogen (secondary N) is 2. The summed E-state index contributed by atoms with van der Waals surface area (Å²) < 4.78 is 0. The molecule has 2 N–H and O–H groups in total. The summed E-state index contributed by atoms with van der Waals surface area (Å²) in [6, 6.07) is 0.755. The van der Waals surface area contributed by atoms with Crippen LogP contribution in [0.2, 0.25) is 0 Å². The highest BCUT2D eigenvalue weighted by molar-refractivity contribution is 7.09. The second-order valence-corrected chi connectivity index (χ2v) is 7.85. The predicted molar refractivity (Wildman–Crippen MR) is 109 cm³/mol. The fraction of sp³-hybridized carbons (Fsp3) is 0.789. The molecule has 1 unspecified atom stereocenters. The molecule has 0 saturated carbocycles. The molecule has 0 bridgehead atoms. The molecule has 2 heterocycles. The Kier molecular flexibility index (Phi) is 9.26. The Labute approximate surface area is 157 Å². The van der Waals surface area contributed by atoms with Crippen LogP contribution in [-0.4, -0.2) is 54.6 Å². The molecule has 1 aromatic rings. The van der Waals surface area contributed by atoms with Gasteiger partial charge in [-0.2, -0.15) is 0 Å². The number of piperidine rings is 1. The van der Waals surface area contributed by atoms with Crippen LogP contribution in [0.5, 0.6) is 0 Å². The third-order valence-electron chi connectivity index (χ3n) is 4.68. The van der Waals surface area contributed by atoms with Crippen LogP contribution in [-0.2, 0) is 6.42 Å². The highest BCUT2D eigenvalue weighted by Gasteiger charge is 2.17. The SMILES string of the molecule is CCNC(=NCCCc1nc(C)cs1)NCCCN1CCCCC1C. The standard InChI is InChI=1S/C19H35N5S/c1-4-20-19(21-11-7-10-18-23-16(2)15-25-18)22-12-8-14-24-13-6-5-9-17(24)3/h15,17H,4-14H2,1-3H3,(H2,20,21,22). The smallest absolute Gasteiger partial charge is 0.191 e. The quantitative estimate of drug-likeness (QED) is 0.401. The average molecular weight is 366 g/mol. The van der Waals surface area contributed by atoms with Gasteiger partial charge in [-0.3, -0.25) is 4.99 Å². The van der Waals surface area contributed by atoms with Crippen molar-refractivity contribution in [3.05, 3.63) is 16.1 Å². The van der Waals surface area contributed by atoms with Gasteiger partial charge in [-0.1, -0.05) is 6.42 Å². The number of likely N-dealkylation sites (tertiary alicyclic amines) is 1. The number of aryl methyl sites for hydroxylation is 2. The van der Waals surface area contributed by atoms with Crippen LogP contribution in [0.3, 0.4) is 0 Å². The molecule has 1 fully saturated rings. The molecular formula is C19H35N5S. The normalized spacial score (nSPS) is 19.2. The number of hydrogen-bond donors (Lipinski definition) is 2. The van der Waals surface area contributed by atoms with Gasteiger partial charge in [0, 0.05) is 49.7 Å². The van der Waals surface area contributed by atoms with Crippen molar-refractivity contribution in [2.45, 2.75) is 65.3 Å². The molecule has 1 aliphatic heterocycles. The van der Waals surface area contributed by atoms with Crippen LogP contribution >= 0.6 is 11.3 Å². The minimum atomic E-state index is 0.755. The fourth-order valence-electron chi connectivity index (χ4n) is 3.26. The minimum Gasteiger partial charge on any atom is -0.357 e. The van der Waals surface area contributed by atoms with Crippen molar-refractivity contribution in [1.82, 2.24) is 20.5 Å². The van der Waals surface area contributed by atoms with E-state index in [4.69, 9.17) is 4.99 Å². The lowest BCUT2D eigenvalue weighted by Gasteiger charge is -2.33. The molecule has 0 spiro atoms. The van der Waals surface area contributed by atoms with Crippen LogP contribution in [0.25, 0.3) is 0 Å². The first-order valence-corrected chi connectivity index (χ1v) is 10.7. The molecule has 25 heavy (non-hydrogen) atoms. The van der Waals surface area contributed by atoms with E-state index in [9.17, 15) is 0 Å². The Bertz CT molecular complexity index is 514. The molecule has 0 radical (unpaired) electrons. The maximum absolute atomic E-state index is 4.69. The van der Waals surface area contributed by atoms with Crippen molar-refractivity contribution in [2.24, 2.45) is 4.99 Å². The first-order chi connectivity index (χ1) is 12.2. The third-order valence-corrected chi connectivity index (χ3v) is 5.71. The lowest BCUT2D eigenvalue weighted by molar-refractivity contribution is 0.159. The van der Waals surface area contributed by atoms with E-state index < -0.39 is 0 Å².